The third-order valence-corrected chi connectivity index (χ3v) is 4.77. The smallest absolute Gasteiger partial charge is 0.265 e. The topological polar surface area (TPSA) is 68.0 Å². The van der Waals surface area contributed by atoms with Crippen LogP contribution in [0.1, 0.15) is 5.56 Å². The SMILES string of the molecule is Cn1c2ccc(Br)cc2c2nnc(N/N=C/c3cccc(Br)c3)nc21. The van der Waals surface area contributed by atoms with Gasteiger partial charge in [-0.05, 0) is 35.9 Å². The van der Waals surface area contributed by atoms with Gasteiger partial charge in [-0.15, -0.1) is 10.2 Å². The zero-order chi connectivity index (χ0) is 17.4. The van der Waals surface area contributed by atoms with Gasteiger partial charge in [-0.1, -0.05) is 44.0 Å². The van der Waals surface area contributed by atoms with Crippen molar-refractivity contribution in [2.45, 2.75) is 0 Å². The van der Waals surface area contributed by atoms with E-state index >= 15 is 0 Å². The van der Waals surface area contributed by atoms with E-state index in [2.05, 4.69) is 57.6 Å². The number of aromatic nitrogens is 4. The monoisotopic (exact) mass is 458 g/mol. The lowest BCUT2D eigenvalue weighted by Crippen LogP contribution is -2.00. The standard InChI is InChI=1S/C17H12Br2N6/c1-25-14-6-5-12(19)8-13(14)15-16(25)21-17(24-22-15)23-20-9-10-3-2-4-11(18)7-10/h2-9H,1H3,(H,21,23,24)/b20-9+. The van der Waals surface area contributed by atoms with Crippen LogP contribution >= 0.6 is 31.9 Å². The number of hydrogen-bond donors (Lipinski definition) is 1. The number of hydrogen-bond acceptors (Lipinski definition) is 5. The molecule has 0 aliphatic heterocycles. The zero-order valence-electron chi connectivity index (χ0n) is 13.1. The average Bonchev–Trinajstić information content (AvgIpc) is 2.87. The van der Waals surface area contributed by atoms with Gasteiger partial charge in [-0.3, -0.25) is 0 Å². The van der Waals surface area contributed by atoms with Crippen molar-refractivity contribution in [3.05, 3.63) is 57.0 Å². The molecule has 2 aromatic heterocycles. The normalized spacial score (nSPS) is 11.6. The molecular formula is C17H12Br2N6. The quantitative estimate of drug-likeness (QED) is 0.362. The lowest BCUT2D eigenvalue weighted by Gasteiger charge is -1.99. The molecule has 1 N–H and O–H groups in total. The molecule has 6 nitrogen and oxygen atoms in total. The van der Waals surface area contributed by atoms with Gasteiger partial charge in [0.2, 0.25) is 0 Å². The molecule has 0 bridgehead atoms. The van der Waals surface area contributed by atoms with Gasteiger partial charge in [0, 0.05) is 21.4 Å². The maximum absolute atomic E-state index is 4.53. The molecule has 0 saturated heterocycles. The second kappa shape index (κ2) is 6.53. The highest BCUT2D eigenvalue weighted by atomic mass is 79.9. The summed E-state index contributed by atoms with van der Waals surface area (Å²) in [7, 11) is 1.96. The first-order valence-electron chi connectivity index (χ1n) is 7.45. The lowest BCUT2D eigenvalue weighted by molar-refractivity contribution is 0.949. The van der Waals surface area contributed by atoms with Gasteiger partial charge in [0.05, 0.1) is 11.7 Å². The van der Waals surface area contributed by atoms with E-state index in [0.717, 1.165) is 36.6 Å². The summed E-state index contributed by atoms with van der Waals surface area (Å²) in [5.74, 6) is 0.351. The Morgan fingerprint density at radius 2 is 1.92 bits per heavy atom. The van der Waals surface area contributed by atoms with Crippen molar-refractivity contribution in [1.82, 2.24) is 19.7 Å². The van der Waals surface area contributed by atoms with Gasteiger partial charge in [-0.2, -0.15) is 10.1 Å². The average molecular weight is 460 g/mol. The van der Waals surface area contributed by atoms with Gasteiger partial charge in [0.15, 0.2) is 5.65 Å². The van der Waals surface area contributed by atoms with Crippen molar-refractivity contribution in [2.24, 2.45) is 12.1 Å². The molecule has 4 aromatic rings. The fraction of sp³-hybridized carbons (Fsp3) is 0.0588. The number of nitrogens with zero attached hydrogens (tertiary/aromatic N) is 5. The van der Waals surface area contributed by atoms with E-state index in [1.165, 1.54) is 0 Å². The molecule has 0 unspecified atom stereocenters. The van der Waals surface area contributed by atoms with Crippen molar-refractivity contribution in [1.29, 1.82) is 0 Å². The second-order valence-corrected chi connectivity index (χ2v) is 7.28. The molecule has 0 spiro atoms. The summed E-state index contributed by atoms with van der Waals surface area (Å²) in [5.41, 5.74) is 6.37. The minimum absolute atomic E-state index is 0.351. The highest BCUT2D eigenvalue weighted by Gasteiger charge is 2.12. The van der Waals surface area contributed by atoms with E-state index in [0.29, 0.717) is 5.95 Å². The van der Waals surface area contributed by atoms with Gasteiger partial charge in [0.25, 0.3) is 5.95 Å². The summed E-state index contributed by atoms with van der Waals surface area (Å²) >= 11 is 6.92. The molecule has 0 aliphatic carbocycles. The summed E-state index contributed by atoms with van der Waals surface area (Å²) < 4.78 is 3.99. The first-order chi connectivity index (χ1) is 12.1. The molecule has 4 rings (SSSR count). The van der Waals surface area contributed by atoms with Crippen LogP contribution in [0.15, 0.2) is 56.5 Å². The van der Waals surface area contributed by atoms with Crippen LogP contribution in [0.4, 0.5) is 5.95 Å². The Morgan fingerprint density at radius 1 is 1.08 bits per heavy atom. The van der Waals surface area contributed by atoms with Gasteiger partial charge in [-0.25, -0.2) is 5.43 Å². The van der Waals surface area contributed by atoms with Crippen LogP contribution in [-0.2, 0) is 7.05 Å². The molecule has 0 radical (unpaired) electrons. The molecular weight excluding hydrogens is 448 g/mol. The first-order valence-corrected chi connectivity index (χ1v) is 9.03. The predicted octanol–water partition coefficient (Wildman–Crippen LogP) is 4.49. The molecule has 0 amide bonds. The Labute approximate surface area is 160 Å². The molecule has 8 heteroatoms. The second-order valence-electron chi connectivity index (χ2n) is 5.45. The molecule has 0 saturated carbocycles. The van der Waals surface area contributed by atoms with Crippen LogP contribution in [0, 0.1) is 0 Å². The van der Waals surface area contributed by atoms with Crippen molar-refractivity contribution in [3.63, 3.8) is 0 Å². The minimum Gasteiger partial charge on any atom is -0.327 e. The Balaban J connectivity index is 1.67. The number of hydrazone groups is 1. The fourth-order valence-corrected chi connectivity index (χ4v) is 3.41. The first kappa shape index (κ1) is 16.2. The number of nitrogens with one attached hydrogen (secondary N) is 1. The number of aryl methyl sites for hydroxylation is 1. The Hall–Kier alpha value is -2.32. The van der Waals surface area contributed by atoms with Crippen LogP contribution in [0.3, 0.4) is 0 Å². The molecule has 25 heavy (non-hydrogen) atoms. The van der Waals surface area contributed by atoms with Gasteiger partial charge < -0.3 is 4.57 Å². The van der Waals surface area contributed by atoms with Crippen LogP contribution < -0.4 is 5.43 Å². The van der Waals surface area contributed by atoms with E-state index in [1.807, 2.05) is 54.1 Å². The molecule has 124 valence electrons. The van der Waals surface area contributed by atoms with E-state index in [1.54, 1.807) is 6.21 Å². The van der Waals surface area contributed by atoms with E-state index in [-0.39, 0.29) is 0 Å². The maximum atomic E-state index is 4.53. The lowest BCUT2D eigenvalue weighted by atomic mass is 10.2. The Morgan fingerprint density at radius 3 is 2.76 bits per heavy atom. The van der Waals surface area contributed by atoms with Crippen LogP contribution in [0.5, 0.6) is 0 Å². The maximum Gasteiger partial charge on any atom is 0.265 e. The number of fused-ring (bicyclic) bond motifs is 3. The van der Waals surface area contributed by atoms with Crippen molar-refractivity contribution in [2.75, 3.05) is 5.43 Å². The summed E-state index contributed by atoms with van der Waals surface area (Å²) in [6, 6.07) is 13.9. The molecule has 2 heterocycles. The number of halogens is 2. The van der Waals surface area contributed by atoms with Gasteiger partial charge in [0.1, 0.15) is 5.52 Å². The van der Waals surface area contributed by atoms with Crippen LogP contribution in [0.2, 0.25) is 0 Å². The van der Waals surface area contributed by atoms with E-state index in [9.17, 15) is 0 Å². The highest BCUT2D eigenvalue weighted by molar-refractivity contribution is 9.10. The van der Waals surface area contributed by atoms with Crippen molar-refractivity contribution >= 4 is 66.1 Å². The van der Waals surface area contributed by atoms with E-state index in [4.69, 9.17) is 0 Å². The summed E-state index contributed by atoms with van der Waals surface area (Å²) in [5, 5.41) is 13.6. The largest absolute Gasteiger partial charge is 0.327 e. The summed E-state index contributed by atoms with van der Waals surface area (Å²) in [4.78, 5) is 4.53. The van der Waals surface area contributed by atoms with E-state index < -0.39 is 0 Å². The molecule has 0 fully saturated rings. The third kappa shape index (κ3) is 3.14. The number of benzene rings is 2. The Bertz CT molecular complexity index is 1120. The highest BCUT2D eigenvalue weighted by Crippen LogP contribution is 2.27. The molecule has 0 aliphatic rings. The zero-order valence-corrected chi connectivity index (χ0v) is 16.3. The minimum atomic E-state index is 0.351. The fourth-order valence-electron chi connectivity index (χ4n) is 2.63. The van der Waals surface area contributed by atoms with Crippen LogP contribution in [-0.4, -0.2) is 26.0 Å². The number of anilines is 1. The van der Waals surface area contributed by atoms with Crippen molar-refractivity contribution < 1.29 is 0 Å². The Kier molecular flexibility index (Phi) is 4.22. The molecule has 0 atom stereocenters. The van der Waals surface area contributed by atoms with Gasteiger partial charge >= 0.3 is 0 Å². The predicted molar refractivity (Wildman–Crippen MR) is 107 cm³/mol. The van der Waals surface area contributed by atoms with Crippen molar-refractivity contribution in [3.8, 4) is 0 Å². The van der Waals surface area contributed by atoms with Crippen LogP contribution in [0.25, 0.3) is 22.1 Å². The molecule has 2 aromatic carbocycles. The summed E-state index contributed by atoms with van der Waals surface area (Å²) in [6.45, 7) is 0. The summed E-state index contributed by atoms with van der Waals surface area (Å²) in [6.07, 6.45) is 1.71. The number of rotatable bonds is 3. The third-order valence-electron chi connectivity index (χ3n) is 3.79.